The number of esters is 1. The van der Waals surface area contributed by atoms with E-state index in [1.807, 2.05) is 44.2 Å². The molecule has 0 aliphatic carbocycles. The summed E-state index contributed by atoms with van der Waals surface area (Å²) < 4.78 is 15.9. The average molecular weight is 379 g/mol. The van der Waals surface area contributed by atoms with Crippen LogP contribution in [0.3, 0.4) is 0 Å². The molecule has 0 atom stereocenters. The SMILES string of the molecule is CCOC(=O)c1nc2cc(C)c(C)cc2nc1NCc1ccc2c(c1)OCO2. The van der Waals surface area contributed by atoms with Gasteiger partial charge in [-0.25, -0.2) is 14.8 Å². The Bertz CT molecular complexity index is 1070. The van der Waals surface area contributed by atoms with Crippen molar-refractivity contribution in [3.63, 3.8) is 0 Å². The van der Waals surface area contributed by atoms with Crippen LogP contribution in [-0.4, -0.2) is 29.3 Å². The number of anilines is 1. The zero-order valence-electron chi connectivity index (χ0n) is 16.0. The Labute approximate surface area is 162 Å². The van der Waals surface area contributed by atoms with Gasteiger partial charge < -0.3 is 19.5 Å². The molecule has 0 spiro atoms. The second kappa shape index (κ2) is 7.34. The maximum atomic E-state index is 12.4. The van der Waals surface area contributed by atoms with Crippen LogP contribution in [0.1, 0.15) is 34.1 Å². The summed E-state index contributed by atoms with van der Waals surface area (Å²) in [4.78, 5) is 21.6. The molecule has 144 valence electrons. The van der Waals surface area contributed by atoms with Crippen molar-refractivity contribution in [2.24, 2.45) is 0 Å². The molecule has 1 aromatic heterocycles. The van der Waals surface area contributed by atoms with Gasteiger partial charge in [0.15, 0.2) is 23.0 Å². The Balaban J connectivity index is 1.68. The molecule has 0 amide bonds. The highest BCUT2D eigenvalue weighted by atomic mass is 16.7. The van der Waals surface area contributed by atoms with Crippen molar-refractivity contribution in [2.45, 2.75) is 27.3 Å². The molecule has 4 rings (SSSR count). The second-order valence-electron chi connectivity index (χ2n) is 6.61. The van der Waals surface area contributed by atoms with Crippen molar-refractivity contribution in [1.82, 2.24) is 9.97 Å². The molecule has 0 unspecified atom stereocenters. The quantitative estimate of drug-likeness (QED) is 0.676. The highest BCUT2D eigenvalue weighted by Gasteiger charge is 2.19. The van der Waals surface area contributed by atoms with Gasteiger partial charge >= 0.3 is 5.97 Å². The van der Waals surface area contributed by atoms with Gasteiger partial charge in [0, 0.05) is 6.54 Å². The number of hydrogen-bond acceptors (Lipinski definition) is 7. The van der Waals surface area contributed by atoms with Crippen LogP contribution in [0.2, 0.25) is 0 Å². The normalized spacial score (nSPS) is 12.2. The van der Waals surface area contributed by atoms with E-state index in [2.05, 4.69) is 15.3 Å². The summed E-state index contributed by atoms with van der Waals surface area (Å²) >= 11 is 0. The first kappa shape index (κ1) is 18.0. The maximum Gasteiger partial charge on any atom is 0.360 e. The number of aryl methyl sites for hydroxylation is 2. The minimum Gasteiger partial charge on any atom is -0.461 e. The number of fused-ring (bicyclic) bond motifs is 2. The minimum atomic E-state index is -0.497. The number of ether oxygens (including phenoxy) is 3. The highest BCUT2D eigenvalue weighted by molar-refractivity contribution is 5.95. The van der Waals surface area contributed by atoms with E-state index in [-0.39, 0.29) is 19.1 Å². The van der Waals surface area contributed by atoms with E-state index in [0.29, 0.717) is 23.6 Å². The summed E-state index contributed by atoms with van der Waals surface area (Å²) in [5, 5.41) is 3.22. The number of benzene rings is 2. The number of aromatic nitrogens is 2. The third-order valence-electron chi connectivity index (χ3n) is 4.65. The number of rotatable bonds is 5. The van der Waals surface area contributed by atoms with Crippen molar-refractivity contribution in [2.75, 3.05) is 18.7 Å². The molecule has 1 N–H and O–H groups in total. The van der Waals surface area contributed by atoms with Gasteiger partial charge in [0.1, 0.15) is 0 Å². The van der Waals surface area contributed by atoms with Crippen molar-refractivity contribution >= 4 is 22.8 Å². The molecule has 2 aromatic carbocycles. The first-order chi connectivity index (χ1) is 13.5. The van der Waals surface area contributed by atoms with Gasteiger partial charge in [-0.1, -0.05) is 6.07 Å². The Morgan fingerprint density at radius 1 is 1.07 bits per heavy atom. The smallest absolute Gasteiger partial charge is 0.360 e. The summed E-state index contributed by atoms with van der Waals surface area (Å²) in [5.74, 6) is 1.34. The molecule has 7 nitrogen and oxygen atoms in total. The van der Waals surface area contributed by atoms with Crippen LogP contribution >= 0.6 is 0 Å². The van der Waals surface area contributed by atoms with Gasteiger partial charge in [-0.15, -0.1) is 0 Å². The molecule has 3 aromatic rings. The lowest BCUT2D eigenvalue weighted by Gasteiger charge is -2.12. The van der Waals surface area contributed by atoms with E-state index in [1.165, 1.54) is 0 Å². The number of nitrogens with zero attached hydrogens (tertiary/aromatic N) is 2. The maximum absolute atomic E-state index is 12.4. The van der Waals surface area contributed by atoms with Crippen LogP contribution in [0.5, 0.6) is 11.5 Å². The van der Waals surface area contributed by atoms with E-state index in [4.69, 9.17) is 14.2 Å². The summed E-state index contributed by atoms with van der Waals surface area (Å²) in [5.41, 5.74) is 4.76. The van der Waals surface area contributed by atoms with Crippen LogP contribution in [0, 0.1) is 13.8 Å². The van der Waals surface area contributed by atoms with E-state index in [0.717, 1.165) is 28.0 Å². The van der Waals surface area contributed by atoms with Crippen molar-refractivity contribution < 1.29 is 19.0 Å². The fourth-order valence-electron chi connectivity index (χ4n) is 3.01. The first-order valence-corrected chi connectivity index (χ1v) is 9.13. The molecule has 7 heteroatoms. The first-order valence-electron chi connectivity index (χ1n) is 9.13. The van der Waals surface area contributed by atoms with E-state index >= 15 is 0 Å². The van der Waals surface area contributed by atoms with E-state index in [1.54, 1.807) is 6.92 Å². The van der Waals surface area contributed by atoms with Gasteiger partial charge in [0.05, 0.1) is 17.6 Å². The average Bonchev–Trinajstić information content (AvgIpc) is 3.15. The molecule has 0 saturated heterocycles. The molecule has 0 bridgehead atoms. The Morgan fingerprint density at radius 3 is 2.54 bits per heavy atom. The van der Waals surface area contributed by atoms with Crippen LogP contribution in [-0.2, 0) is 11.3 Å². The van der Waals surface area contributed by atoms with Crippen molar-refractivity contribution in [3.05, 3.63) is 52.7 Å². The van der Waals surface area contributed by atoms with Gasteiger partial charge in [-0.3, -0.25) is 0 Å². The standard InChI is InChI=1S/C21H21N3O4/c1-4-26-21(25)19-20(24-16-8-13(3)12(2)7-15(16)23-19)22-10-14-5-6-17-18(9-14)28-11-27-17/h5-9H,4,10-11H2,1-3H3,(H,22,24). The Kier molecular flexibility index (Phi) is 4.73. The number of hydrogen-bond donors (Lipinski definition) is 1. The zero-order chi connectivity index (χ0) is 19.7. The largest absolute Gasteiger partial charge is 0.461 e. The molecule has 28 heavy (non-hydrogen) atoms. The molecule has 2 heterocycles. The number of nitrogens with one attached hydrogen (secondary N) is 1. The van der Waals surface area contributed by atoms with Crippen LogP contribution in [0.25, 0.3) is 11.0 Å². The third kappa shape index (κ3) is 3.43. The summed E-state index contributed by atoms with van der Waals surface area (Å²) in [6, 6.07) is 9.61. The predicted octanol–water partition coefficient (Wildman–Crippen LogP) is 3.76. The number of carbonyl (C=O) groups is 1. The highest BCUT2D eigenvalue weighted by Crippen LogP contribution is 2.32. The molecule has 0 saturated carbocycles. The number of carbonyl (C=O) groups excluding carboxylic acids is 1. The van der Waals surface area contributed by atoms with Gasteiger partial charge in [0.25, 0.3) is 0 Å². The fourth-order valence-corrected chi connectivity index (χ4v) is 3.01. The third-order valence-corrected chi connectivity index (χ3v) is 4.65. The van der Waals surface area contributed by atoms with Crippen LogP contribution < -0.4 is 14.8 Å². The van der Waals surface area contributed by atoms with Crippen molar-refractivity contribution in [1.29, 1.82) is 0 Å². The molecule has 0 fully saturated rings. The molecule has 1 aliphatic rings. The monoisotopic (exact) mass is 379 g/mol. The lowest BCUT2D eigenvalue weighted by atomic mass is 10.1. The molecular formula is C21H21N3O4. The Hall–Kier alpha value is -3.35. The fraction of sp³-hybridized carbons (Fsp3) is 0.286. The van der Waals surface area contributed by atoms with Gasteiger partial charge in [-0.2, -0.15) is 0 Å². The Morgan fingerprint density at radius 2 is 1.79 bits per heavy atom. The molecular weight excluding hydrogens is 358 g/mol. The molecule has 0 radical (unpaired) electrons. The van der Waals surface area contributed by atoms with Crippen LogP contribution in [0.4, 0.5) is 5.82 Å². The second-order valence-corrected chi connectivity index (χ2v) is 6.61. The molecule has 1 aliphatic heterocycles. The van der Waals surface area contributed by atoms with E-state index in [9.17, 15) is 4.79 Å². The summed E-state index contributed by atoms with van der Waals surface area (Å²) in [6.45, 7) is 6.75. The van der Waals surface area contributed by atoms with Crippen molar-refractivity contribution in [3.8, 4) is 11.5 Å². The van der Waals surface area contributed by atoms with Gasteiger partial charge in [-0.05, 0) is 61.7 Å². The lowest BCUT2D eigenvalue weighted by Crippen LogP contribution is -2.14. The van der Waals surface area contributed by atoms with E-state index < -0.39 is 5.97 Å². The zero-order valence-corrected chi connectivity index (χ0v) is 16.0. The summed E-state index contributed by atoms with van der Waals surface area (Å²) in [7, 11) is 0. The topological polar surface area (TPSA) is 82.6 Å². The lowest BCUT2D eigenvalue weighted by molar-refractivity contribution is 0.0520. The van der Waals surface area contributed by atoms with Gasteiger partial charge in [0.2, 0.25) is 6.79 Å². The predicted molar refractivity (Wildman–Crippen MR) is 105 cm³/mol. The minimum absolute atomic E-state index is 0.179. The van der Waals surface area contributed by atoms with Crippen LogP contribution in [0.15, 0.2) is 30.3 Å². The summed E-state index contributed by atoms with van der Waals surface area (Å²) in [6.07, 6.45) is 0.